The highest BCUT2D eigenvalue weighted by molar-refractivity contribution is 5.86. The van der Waals surface area contributed by atoms with Crippen LogP contribution in [0.3, 0.4) is 0 Å². The van der Waals surface area contributed by atoms with Crippen molar-refractivity contribution in [3.63, 3.8) is 0 Å². The highest BCUT2D eigenvalue weighted by atomic mass is 16.5. The topological polar surface area (TPSA) is 68.9 Å². The minimum absolute atomic E-state index is 0.214. The summed E-state index contributed by atoms with van der Waals surface area (Å²) >= 11 is 0. The van der Waals surface area contributed by atoms with Gasteiger partial charge >= 0.3 is 5.97 Å². The Morgan fingerprint density at radius 2 is 1.55 bits per heavy atom. The molecule has 1 heterocycles. The molecule has 0 fully saturated rings. The van der Waals surface area contributed by atoms with E-state index in [1.54, 1.807) is 12.3 Å². The minimum atomic E-state index is -1.04. The van der Waals surface area contributed by atoms with Crippen molar-refractivity contribution < 1.29 is 23.8 Å². The maximum absolute atomic E-state index is 10.8. The number of carbonyl (C=O) groups is 1. The zero-order chi connectivity index (χ0) is 20.1. The maximum atomic E-state index is 10.8. The second-order valence-electron chi connectivity index (χ2n) is 6.59. The molecule has 29 heavy (non-hydrogen) atoms. The Morgan fingerprint density at radius 1 is 0.897 bits per heavy atom. The summed E-state index contributed by atoms with van der Waals surface area (Å²) in [5, 5.41) is 9.68. The summed E-state index contributed by atoms with van der Waals surface area (Å²) in [7, 11) is 0. The van der Waals surface area contributed by atoms with Crippen molar-refractivity contribution in [3.05, 3.63) is 102 Å². The molecule has 0 saturated heterocycles. The summed E-state index contributed by atoms with van der Waals surface area (Å²) in [5.41, 5.74) is 3.52. The van der Waals surface area contributed by atoms with E-state index in [0.717, 1.165) is 22.1 Å². The molecule has 0 aliphatic rings. The highest BCUT2D eigenvalue weighted by Gasteiger charge is 2.17. The van der Waals surface area contributed by atoms with Gasteiger partial charge in [0.25, 0.3) is 0 Å². The van der Waals surface area contributed by atoms with E-state index in [4.69, 9.17) is 19.0 Å². The van der Waals surface area contributed by atoms with Crippen LogP contribution in [-0.4, -0.2) is 17.7 Å². The van der Waals surface area contributed by atoms with Gasteiger partial charge in [-0.2, -0.15) is 0 Å². The Balaban J connectivity index is 1.59. The van der Waals surface area contributed by atoms with E-state index in [2.05, 4.69) is 0 Å². The first-order valence-electron chi connectivity index (χ1n) is 9.27. The van der Waals surface area contributed by atoms with Crippen molar-refractivity contribution in [3.8, 4) is 5.75 Å². The molecule has 4 aromatic rings. The van der Waals surface area contributed by atoms with E-state index in [1.807, 2.05) is 72.8 Å². The molecule has 0 amide bonds. The van der Waals surface area contributed by atoms with Gasteiger partial charge in [-0.25, -0.2) is 4.79 Å². The molecule has 0 aliphatic carbocycles. The van der Waals surface area contributed by atoms with Crippen LogP contribution in [-0.2, 0) is 16.1 Å². The van der Waals surface area contributed by atoms with Crippen molar-refractivity contribution in [2.75, 3.05) is 6.61 Å². The lowest BCUT2D eigenvalue weighted by Crippen LogP contribution is -2.09. The smallest absolute Gasteiger partial charge is 0.341 e. The van der Waals surface area contributed by atoms with Crippen LogP contribution in [0.25, 0.3) is 11.0 Å². The van der Waals surface area contributed by atoms with Crippen LogP contribution < -0.4 is 4.74 Å². The number of carboxylic acid groups (broad SMARTS) is 1. The first kappa shape index (κ1) is 18.8. The van der Waals surface area contributed by atoms with Crippen LogP contribution in [0.4, 0.5) is 0 Å². The predicted octanol–water partition coefficient (Wildman–Crippen LogP) is 5.20. The predicted molar refractivity (Wildman–Crippen MR) is 109 cm³/mol. The fourth-order valence-electron chi connectivity index (χ4n) is 3.26. The van der Waals surface area contributed by atoms with E-state index in [-0.39, 0.29) is 6.10 Å². The molecule has 0 atom stereocenters. The molecule has 146 valence electrons. The molecular weight excluding hydrogens is 368 g/mol. The molecule has 3 aromatic carbocycles. The van der Waals surface area contributed by atoms with Gasteiger partial charge in [0.15, 0.2) is 17.9 Å². The molecule has 0 aliphatic heterocycles. The van der Waals surface area contributed by atoms with E-state index >= 15 is 0 Å². The summed E-state index contributed by atoms with van der Waals surface area (Å²) in [6.07, 6.45) is 1.42. The summed E-state index contributed by atoms with van der Waals surface area (Å²) in [6, 6.07) is 25.5. The van der Waals surface area contributed by atoms with E-state index in [1.165, 1.54) is 0 Å². The SMILES string of the molecule is O=C(O)COc1cccc2c(COC(c3ccccc3)c3ccccc3)coc12. The average Bonchev–Trinajstić information content (AvgIpc) is 3.18. The first-order valence-corrected chi connectivity index (χ1v) is 9.27. The summed E-state index contributed by atoms with van der Waals surface area (Å²) in [4.78, 5) is 10.8. The third kappa shape index (κ3) is 4.31. The molecule has 0 spiro atoms. The molecule has 0 radical (unpaired) electrons. The number of ether oxygens (including phenoxy) is 2. The number of para-hydroxylation sites is 1. The largest absolute Gasteiger partial charge is 0.479 e. The second kappa shape index (κ2) is 8.63. The number of aliphatic carboxylic acids is 1. The first-order chi connectivity index (χ1) is 14.2. The van der Waals surface area contributed by atoms with Gasteiger partial charge in [0, 0.05) is 10.9 Å². The lowest BCUT2D eigenvalue weighted by Gasteiger charge is -2.18. The second-order valence-corrected chi connectivity index (χ2v) is 6.59. The summed E-state index contributed by atoms with van der Waals surface area (Å²) in [5.74, 6) is -0.635. The lowest BCUT2D eigenvalue weighted by molar-refractivity contribution is -0.139. The Hall–Kier alpha value is -3.57. The molecule has 5 heteroatoms. The quantitative estimate of drug-likeness (QED) is 0.449. The van der Waals surface area contributed by atoms with Gasteiger partial charge in [-0.15, -0.1) is 0 Å². The van der Waals surface area contributed by atoms with Crippen LogP contribution >= 0.6 is 0 Å². The minimum Gasteiger partial charge on any atom is -0.479 e. The molecular formula is C24H20O5. The standard InChI is InChI=1S/C24H20O5/c25-22(26)16-27-21-13-7-12-20-19(15-29-24(20)21)14-28-23(17-8-3-1-4-9-17)18-10-5-2-6-11-18/h1-13,15,23H,14,16H2,(H,25,26). The molecule has 1 aromatic heterocycles. The van der Waals surface area contributed by atoms with Gasteiger partial charge in [0.05, 0.1) is 12.9 Å². The Kier molecular flexibility index (Phi) is 5.59. The van der Waals surface area contributed by atoms with Crippen LogP contribution in [0.2, 0.25) is 0 Å². The fraction of sp³-hybridized carbons (Fsp3) is 0.125. The van der Waals surface area contributed by atoms with Gasteiger partial charge in [-0.05, 0) is 17.2 Å². The Labute approximate surface area is 168 Å². The Morgan fingerprint density at radius 3 is 2.17 bits per heavy atom. The van der Waals surface area contributed by atoms with Crippen LogP contribution in [0.15, 0.2) is 89.5 Å². The molecule has 0 bridgehead atoms. The van der Waals surface area contributed by atoms with Gasteiger partial charge in [-0.1, -0.05) is 72.8 Å². The monoisotopic (exact) mass is 388 g/mol. The summed E-state index contributed by atoms with van der Waals surface area (Å²) < 4.78 is 17.3. The van der Waals surface area contributed by atoms with Crippen molar-refractivity contribution >= 4 is 16.9 Å². The number of hydrogen-bond acceptors (Lipinski definition) is 4. The lowest BCUT2D eigenvalue weighted by atomic mass is 10.0. The van der Waals surface area contributed by atoms with Gasteiger partial charge in [0.1, 0.15) is 6.10 Å². The zero-order valence-corrected chi connectivity index (χ0v) is 15.7. The maximum Gasteiger partial charge on any atom is 0.341 e. The van der Waals surface area contributed by atoms with Crippen molar-refractivity contribution in [1.82, 2.24) is 0 Å². The average molecular weight is 388 g/mol. The fourth-order valence-corrected chi connectivity index (χ4v) is 3.26. The number of rotatable bonds is 8. The molecule has 0 saturated carbocycles. The van der Waals surface area contributed by atoms with E-state index in [9.17, 15) is 4.79 Å². The normalized spacial score (nSPS) is 11.1. The zero-order valence-electron chi connectivity index (χ0n) is 15.7. The number of furan rings is 1. The van der Waals surface area contributed by atoms with Crippen LogP contribution in [0, 0.1) is 0 Å². The number of benzene rings is 3. The van der Waals surface area contributed by atoms with Gasteiger partial charge in [-0.3, -0.25) is 0 Å². The Bertz CT molecular complexity index is 1050. The number of hydrogen-bond donors (Lipinski definition) is 1. The molecule has 5 nitrogen and oxygen atoms in total. The molecule has 1 N–H and O–H groups in total. The highest BCUT2D eigenvalue weighted by Crippen LogP contribution is 2.32. The van der Waals surface area contributed by atoms with Crippen molar-refractivity contribution in [2.24, 2.45) is 0 Å². The molecule has 4 rings (SSSR count). The number of carboxylic acids is 1. The summed E-state index contributed by atoms with van der Waals surface area (Å²) in [6.45, 7) is -0.0838. The van der Waals surface area contributed by atoms with E-state index < -0.39 is 12.6 Å². The van der Waals surface area contributed by atoms with Crippen molar-refractivity contribution in [2.45, 2.75) is 12.7 Å². The third-order valence-electron chi connectivity index (χ3n) is 4.61. The van der Waals surface area contributed by atoms with E-state index in [0.29, 0.717) is 17.9 Å². The van der Waals surface area contributed by atoms with Crippen LogP contribution in [0.1, 0.15) is 22.8 Å². The van der Waals surface area contributed by atoms with Gasteiger partial charge < -0.3 is 19.0 Å². The van der Waals surface area contributed by atoms with Crippen LogP contribution in [0.5, 0.6) is 5.75 Å². The van der Waals surface area contributed by atoms with Crippen molar-refractivity contribution in [1.29, 1.82) is 0 Å². The number of fused-ring (bicyclic) bond motifs is 1. The van der Waals surface area contributed by atoms with Gasteiger partial charge in [0.2, 0.25) is 0 Å². The molecule has 0 unspecified atom stereocenters. The third-order valence-corrected chi connectivity index (χ3v) is 4.61.